The molecule has 0 aromatic heterocycles. The highest BCUT2D eigenvalue weighted by atomic mass is 16.5. The second-order valence-corrected chi connectivity index (χ2v) is 5.40. The largest absolute Gasteiger partial charge is 0.381 e. The summed E-state index contributed by atoms with van der Waals surface area (Å²) in [5, 5.41) is 0. The molecule has 0 aromatic carbocycles. The molecule has 0 radical (unpaired) electrons. The molecule has 1 saturated carbocycles. The monoisotopic (exact) mass is 209 g/mol. The number of carbonyl (C=O) groups excluding carboxylic acids is 1. The molecule has 15 heavy (non-hydrogen) atoms. The minimum absolute atomic E-state index is 0.389. The lowest BCUT2D eigenvalue weighted by Gasteiger charge is -2.33. The van der Waals surface area contributed by atoms with Gasteiger partial charge in [0.05, 0.1) is 0 Å². The Morgan fingerprint density at radius 3 is 2.60 bits per heavy atom. The van der Waals surface area contributed by atoms with Gasteiger partial charge >= 0.3 is 0 Å². The van der Waals surface area contributed by atoms with Gasteiger partial charge in [-0.3, -0.25) is 4.79 Å². The smallest absolute Gasteiger partial charge is 0.225 e. The first kappa shape index (κ1) is 9.64. The molecule has 3 nitrogen and oxygen atoms in total. The summed E-state index contributed by atoms with van der Waals surface area (Å²) in [6, 6.07) is 0. The van der Waals surface area contributed by atoms with Crippen molar-refractivity contribution in [1.29, 1.82) is 0 Å². The predicted octanol–water partition coefficient (Wildman–Crippen LogP) is 1.43. The van der Waals surface area contributed by atoms with Crippen LogP contribution in [0, 0.1) is 11.3 Å². The van der Waals surface area contributed by atoms with E-state index in [-0.39, 0.29) is 0 Å². The van der Waals surface area contributed by atoms with E-state index < -0.39 is 0 Å². The molecule has 3 aliphatic rings. The average molecular weight is 209 g/mol. The summed E-state index contributed by atoms with van der Waals surface area (Å²) < 4.78 is 5.41. The van der Waals surface area contributed by atoms with Crippen LogP contribution >= 0.6 is 0 Å². The molecule has 2 saturated heterocycles. The summed E-state index contributed by atoms with van der Waals surface area (Å²) in [6.45, 7) is 3.79. The Labute approximate surface area is 90.8 Å². The Morgan fingerprint density at radius 1 is 1.20 bits per heavy atom. The van der Waals surface area contributed by atoms with Crippen molar-refractivity contribution in [2.24, 2.45) is 11.3 Å². The molecule has 0 bridgehead atoms. The van der Waals surface area contributed by atoms with Gasteiger partial charge in [-0.15, -0.1) is 0 Å². The van der Waals surface area contributed by atoms with Crippen LogP contribution in [0.1, 0.15) is 32.1 Å². The number of ether oxygens (including phenoxy) is 1. The van der Waals surface area contributed by atoms with Gasteiger partial charge in [0.15, 0.2) is 0 Å². The number of rotatable bonds is 1. The fourth-order valence-electron chi connectivity index (χ4n) is 2.92. The third-order valence-corrected chi connectivity index (χ3v) is 4.23. The molecule has 1 spiro atoms. The van der Waals surface area contributed by atoms with E-state index in [9.17, 15) is 4.79 Å². The van der Waals surface area contributed by atoms with E-state index in [2.05, 4.69) is 4.90 Å². The lowest BCUT2D eigenvalue weighted by molar-refractivity contribution is -0.132. The van der Waals surface area contributed by atoms with E-state index in [1.807, 2.05) is 0 Å². The number of hydrogen-bond acceptors (Lipinski definition) is 2. The highest BCUT2D eigenvalue weighted by Crippen LogP contribution is 2.41. The van der Waals surface area contributed by atoms with Crippen LogP contribution in [0.3, 0.4) is 0 Å². The third-order valence-electron chi connectivity index (χ3n) is 4.23. The minimum atomic E-state index is 0.389. The molecule has 1 amide bonds. The molecule has 2 aliphatic heterocycles. The summed E-state index contributed by atoms with van der Waals surface area (Å²) >= 11 is 0. The van der Waals surface area contributed by atoms with Gasteiger partial charge < -0.3 is 9.64 Å². The third kappa shape index (κ3) is 1.78. The van der Waals surface area contributed by atoms with E-state index in [1.165, 1.54) is 6.42 Å². The van der Waals surface area contributed by atoms with Crippen molar-refractivity contribution in [3.63, 3.8) is 0 Å². The van der Waals surface area contributed by atoms with Gasteiger partial charge in [-0.1, -0.05) is 0 Å². The molecular formula is C12H19NO2. The molecule has 3 fully saturated rings. The lowest BCUT2D eigenvalue weighted by Crippen LogP contribution is -2.36. The van der Waals surface area contributed by atoms with E-state index >= 15 is 0 Å². The average Bonchev–Trinajstić information content (AvgIpc) is 3.03. The van der Waals surface area contributed by atoms with E-state index in [4.69, 9.17) is 4.74 Å². The molecule has 3 rings (SSSR count). The van der Waals surface area contributed by atoms with Crippen molar-refractivity contribution in [2.45, 2.75) is 32.1 Å². The van der Waals surface area contributed by atoms with Crippen molar-refractivity contribution in [3.8, 4) is 0 Å². The van der Waals surface area contributed by atoms with Crippen molar-refractivity contribution < 1.29 is 9.53 Å². The zero-order valence-corrected chi connectivity index (χ0v) is 9.21. The highest BCUT2D eigenvalue weighted by Gasteiger charge is 2.43. The number of carbonyl (C=O) groups is 1. The zero-order chi connectivity index (χ0) is 10.3. The minimum Gasteiger partial charge on any atom is -0.381 e. The molecule has 0 N–H and O–H groups in total. The van der Waals surface area contributed by atoms with E-state index in [1.54, 1.807) is 0 Å². The van der Waals surface area contributed by atoms with Crippen LogP contribution in [0.5, 0.6) is 0 Å². The van der Waals surface area contributed by atoms with Gasteiger partial charge in [0.2, 0.25) is 5.91 Å². The quantitative estimate of drug-likeness (QED) is 0.653. The molecule has 0 aromatic rings. The maximum absolute atomic E-state index is 11.9. The first-order valence-electron chi connectivity index (χ1n) is 6.16. The van der Waals surface area contributed by atoms with Crippen LogP contribution in [-0.4, -0.2) is 37.1 Å². The fourth-order valence-corrected chi connectivity index (χ4v) is 2.92. The summed E-state index contributed by atoms with van der Waals surface area (Å²) in [5.74, 6) is 0.818. The Balaban J connectivity index is 1.63. The highest BCUT2D eigenvalue weighted by molar-refractivity contribution is 5.81. The summed E-state index contributed by atoms with van der Waals surface area (Å²) in [6.07, 6.45) is 5.77. The summed E-state index contributed by atoms with van der Waals surface area (Å²) in [4.78, 5) is 14.0. The topological polar surface area (TPSA) is 29.5 Å². The summed E-state index contributed by atoms with van der Waals surface area (Å²) in [7, 11) is 0. The lowest BCUT2D eigenvalue weighted by atomic mass is 9.80. The zero-order valence-electron chi connectivity index (χ0n) is 9.21. The van der Waals surface area contributed by atoms with E-state index in [0.717, 1.165) is 52.0 Å². The first-order valence-corrected chi connectivity index (χ1v) is 6.16. The van der Waals surface area contributed by atoms with Gasteiger partial charge in [-0.25, -0.2) is 0 Å². The van der Waals surface area contributed by atoms with Crippen LogP contribution in [-0.2, 0) is 9.53 Å². The Morgan fingerprint density at radius 2 is 1.93 bits per heavy atom. The second kappa shape index (κ2) is 3.48. The van der Waals surface area contributed by atoms with Crippen molar-refractivity contribution >= 4 is 5.91 Å². The molecule has 84 valence electrons. The van der Waals surface area contributed by atoms with Crippen LogP contribution in [0.15, 0.2) is 0 Å². The van der Waals surface area contributed by atoms with Gasteiger partial charge in [0.1, 0.15) is 0 Å². The van der Waals surface area contributed by atoms with Crippen LogP contribution in [0.4, 0.5) is 0 Å². The normalized spacial score (nSPS) is 29.7. The molecule has 2 heterocycles. The van der Waals surface area contributed by atoms with Crippen molar-refractivity contribution in [3.05, 3.63) is 0 Å². The Kier molecular flexibility index (Phi) is 2.23. The van der Waals surface area contributed by atoms with Crippen molar-refractivity contribution in [2.75, 3.05) is 26.3 Å². The number of nitrogens with zero attached hydrogens (tertiary/aromatic N) is 1. The molecule has 3 heteroatoms. The molecule has 0 unspecified atom stereocenters. The summed E-state index contributed by atoms with van der Waals surface area (Å²) in [5.41, 5.74) is 0.419. The number of amides is 1. The predicted molar refractivity (Wildman–Crippen MR) is 56.4 cm³/mol. The first-order chi connectivity index (χ1) is 7.29. The van der Waals surface area contributed by atoms with Crippen LogP contribution in [0.25, 0.3) is 0 Å². The van der Waals surface area contributed by atoms with Gasteiger partial charge in [0, 0.05) is 32.2 Å². The van der Waals surface area contributed by atoms with Crippen molar-refractivity contribution in [1.82, 2.24) is 4.90 Å². The number of hydrogen-bond donors (Lipinski definition) is 0. The molecule has 0 atom stereocenters. The maximum Gasteiger partial charge on any atom is 0.225 e. The maximum atomic E-state index is 11.9. The van der Waals surface area contributed by atoms with Crippen LogP contribution in [0.2, 0.25) is 0 Å². The Bertz CT molecular complexity index is 267. The van der Waals surface area contributed by atoms with Crippen LogP contribution < -0.4 is 0 Å². The van der Waals surface area contributed by atoms with Gasteiger partial charge in [-0.05, 0) is 37.5 Å². The Hall–Kier alpha value is -0.570. The standard InChI is InChI=1S/C12H19NO2/c14-11(10-1-2-10)13-6-3-12(9-13)4-7-15-8-5-12/h10H,1-9H2. The van der Waals surface area contributed by atoms with Gasteiger partial charge in [-0.2, -0.15) is 0 Å². The molecular weight excluding hydrogens is 190 g/mol. The second-order valence-electron chi connectivity index (χ2n) is 5.40. The van der Waals surface area contributed by atoms with Gasteiger partial charge in [0.25, 0.3) is 0 Å². The SMILES string of the molecule is O=C(C1CC1)N1CCC2(CCOCC2)C1. The molecule has 1 aliphatic carbocycles. The number of likely N-dealkylation sites (tertiary alicyclic amines) is 1. The fraction of sp³-hybridized carbons (Fsp3) is 0.917. The van der Waals surface area contributed by atoms with E-state index in [0.29, 0.717) is 17.2 Å².